The Morgan fingerprint density at radius 3 is 1.73 bits per heavy atom. The fourth-order valence-corrected chi connectivity index (χ4v) is 7.35. The second kappa shape index (κ2) is 15.4. The maximum Gasteiger partial charge on any atom is 0.410 e. The van der Waals surface area contributed by atoms with Gasteiger partial charge in [0.2, 0.25) is 11.8 Å². The topological polar surface area (TPSA) is 130 Å². The normalized spacial score (nSPS) is 16.9. The summed E-state index contributed by atoms with van der Waals surface area (Å²) in [4.78, 5) is 59.8. The van der Waals surface area contributed by atoms with E-state index in [0.717, 1.165) is 44.8 Å². The number of aromatic nitrogens is 1. The van der Waals surface area contributed by atoms with E-state index in [1.54, 1.807) is 0 Å². The van der Waals surface area contributed by atoms with E-state index in [2.05, 4.69) is 10.6 Å². The molecule has 2 aliphatic heterocycles. The molecule has 7 rings (SSSR count). The zero-order chi connectivity index (χ0) is 35.2. The SMILES string of the molecule is O=C(Nc1ccc(-c2nc3cc(NC(=O)[C@@H]4CCCN4C(=O)OCc4ccccc4)ccc3s2)cc1)[C@@H]1CCCN1C(=O)OCc1ccccc1. The van der Waals surface area contributed by atoms with Gasteiger partial charge in [-0.05, 0) is 79.3 Å². The molecule has 4 amide bonds. The first kappa shape index (κ1) is 33.7. The van der Waals surface area contributed by atoms with E-state index in [9.17, 15) is 19.2 Å². The quantitative estimate of drug-likeness (QED) is 0.163. The Morgan fingerprint density at radius 2 is 1.18 bits per heavy atom. The molecule has 2 atom stereocenters. The van der Waals surface area contributed by atoms with Gasteiger partial charge in [0.15, 0.2) is 0 Å². The number of fused-ring (bicyclic) bond motifs is 1. The predicted molar refractivity (Wildman–Crippen MR) is 195 cm³/mol. The third-order valence-electron chi connectivity index (χ3n) is 9.04. The highest BCUT2D eigenvalue weighted by atomic mass is 32.1. The molecule has 2 saturated heterocycles. The third-order valence-corrected chi connectivity index (χ3v) is 10.1. The zero-order valence-corrected chi connectivity index (χ0v) is 28.6. The van der Waals surface area contributed by atoms with Gasteiger partial charge in [0, 0.05) is 30.0 Å². The van der Waals surface area contributed by atoms with Crippen LogP contribution in [0.1, 0.15) is 36.8 Å². The highest BCUT2D eigenvalue weighted by Gasteiger charge is 2.36. The summed E-state index contributed by atoms with van der Waals surface area (Å²) < 4.78 is 11.9. The highest BCUT2D eigenvalue weighted by Crippen LogP contribution is 2.33. The van der Waals surface area contributed by atoms with Crippen molar-refractivity contribution >= 4 is 56.9 Å². The van der Waals surface area contributed by atoms with Crippen molar-refractivity contribution in [3.63, 3.8) is 0 Å². The second-order valence-corrected chi connectivity index (χ2v) is 13.6. The molecule has 260 valence electrons. The Labute approximate surface area is 299 Å². The molecule has 0 radical (unpaired) electrons. The first-order valence-corrected chi connectivity index (χ1v) is 17.8. The molecule has 12 heteroatoms. The van der Waals surface area contributed by atoms with Crippen LogP contribution in [-0.2, 0) is 32.3 Å². The fourth-order valence-electron chi connectivity index (χ4n) is 6.40. The predicted octanol–water partition coefficient (Wildman–Crippen LogP) is 7.44. The van der Waals surface area contributed by atoms with E-state index in [-0.39, 0.29) is 25.0 Å². The average Bonchev–Trinajstić information content (AvgIpc) is 3.94. The average molecular weight is 704 g/mol. The smallest absolute Gasteiger partial charge is 0.410 e. The van der Waals surface area contributed by atoms with Crippen molar-refractivity contribution in [2.24, 2.45) is 0 Å². The summed E-state index contributed by atoms with van der Waals surface area (Å²) in [5.41, 5.74) is 4.59. The van der Waals surface area contributed by atoms with Gasteiger partial charge < -0.3 is 20.1 Å². The monoisotopic (exact) mass is 703 g/mol. The molecule has 2 aliphatic rings. The van der Waals surface area contributed by atoms with E-state index in [0.29, 0.717) is 37.3 Å². The summed E-state index contributed by atoms with van der Waals surface area (Å²) in [5, 5.41) is 6.69. The first-order chi connectivity index (χ1) is 24.9. The molecule has 0 aliphatic carbocycles. The highest BCUT2D eigenvalue weighted by molar-refractivity contribution is 7.21. The van der Waals surface area contributed by atoms with E-state index in [1.165, 1.54) is 21.1 Å². The molecule has 0 spiro atoms. The van der Waals surface area contributed by atoms with E-state index >= 15 is 0 Å². The Hall–Kier alpha value is -5.75. The van der Waals surface area contributed by atoms with Crippen molar-refractivity contribution in [2.45, 2.75) is 51.0 Å². The van der Waals surface area contributed by atoms with E-state index < -0.39 is 24.3 Å². The fraction of sp³-hybridized carbons (Fsp3) is 0.256. The third kappa shape index (κ3) is 8.02. The molecule has 0 saturated carbocycles. The van der Waals surface area contributed by atoms with Gasteiger partial charge in [-0.3, -0.25) is 19.4 Å². The number of rotatable bonds is 9. The maximum absolute atomic E-state index is 13.3. The lowest BCUT2D eigenvalue weighted by Crippen LogP contribution is -2.43. The van der Waals surface area contributed by atoms with Gasteiger partial charge in [-0.25, -0.2) is 14.6 Å². The molecule has 2 fully saturated rings. The molecular formula is C39H37N5O6S. The summed E-state index contributed by atoms with van der Waals surface area (Å²) in [6.45, 7) is 1.24. The lowest BCUT2D eigenvalue weighted by molar-refractivity contribution is -0.120. The number of ether oxygens (including phenoxy) is 2. The second-order valence-electron chi connectivity index (χ2n) is 12.5. The van der Waals surface area contributed by atoms with Crippen LogP contribution in [0.25, 0.3) is 20.8 Å². The van der Waals surface area contributed by atoms with Crippen LogP contribution >= 0.6 is 11.3 Å². The van der Waals surface area contributed by atoms with Gasteiger partial charge in [-0.2, -0.15) is 0 Å². The van der Waals surface area contributed by atoms with E-state index in [4.69, 9.17) is 14.5 Å². The first-order valence-electron chi connectivity index (χ1n) is 17.0. The number of anilines is 2. The Bertz CT molecular complexity index is 2020. The molecule has 0 bridgehead atoms. The zero-order valence-electron chi connectivity index (χ0n) is 27.8. The van der Waals surface area contributed by atoms with Gasteiger partial charge in [-0.1, -0.05) is 60.7 Å². The van der Waals surface area contributed by atoms with Crippen molar-refractivity contribution < 1.29 is 28.7 Å². The van der Waals surface area contributed by atoms with Crippen molar-refractivity contribution in [2.75, 3.05) is 23.7 Å². The molecule has 4 aromatic carbocycles. The number of amides is 4. The van der Waals surface area contributed by atoms with Crippen LogP contribution in [0, 0.1) is 0 Å². The van der Waals surface area contributed by atoms with Crippen LogP contribution in [0.4, 0.5) is 21.0 Å². The van der Waals surface area contributed by atoms with Crippen molar-refractivity contribution in [1.82, 2.24) is 14.8 Å². The minimum Gasteiger partial charge on any atom is -0.445 e. The minimum absolute atomic E-state index is 0.151. The molecule has 0 unspecified atom stereocenters. The number of thiazole rings is 1. The van der Waals surface area contributed by atoms with Crippen LogP contribution < -0.4 is 10.6 Å². The number of hydrogen-bond acceptors (Lipinski definition) is 8. The standard InChI is InChI=1S/C39H37N5O6S/c45-35(32-13-7-21-43(32)38(47)49-24-26-9-3-1-4-10-26)40-29-17-15-28(16-18-29)37-42-31-23-30(19-20-34(31)51-37)41-36(46)33-14-8-22-44(33)39(48)50-25-27-11-5-2-6-12-27/h1-6,9-12,15-20,23,32-33H,7-8,13-14,21-22,24-25H2,(H,40,45)(H,41,46)/t32-,33-/m0/s1. The van der Waals surface area contributed by atoms with Crippen LogP contribution in [0.15, 0.2) is 103 Å². The Balaban J connectivity index is 0.939. The summed E-state index contributed by atoms with van der Waals surface area (Å²) in [6.07, 6.45) is 1.58. The number of hydrogen-bond donors (Lipinski definition) is 2. The number of benzene rings is 4. The van der Waals surface area contributed by atoms with Gasteiger partial charge in [0.1, 0.15) is 30.3 Å². The summed E-state index contributed by atoms with van der Waals surface area (Å²) in [6, 6.07) is 30.7. The molecule has 1 aromatic heterocycles. The summed E-state index contributed by atoms with van der Waals surface area (Å²) >= 11 is 1.52. The van der Waals surface area contributed by atoms with Crippen LogP contribution in [0.2, 0.25) is 0 Å². The number of carbonyl (C=O) groups is 4. The molecule has 51 heavy (non-hydrogen) atoms. The molecule has 5 aromatic rings. The maximum atomic E-state index is 13.3. The van der Waals surface area contributed by atoms with Gasteiger partial charge in [0.25, 0.3) is 0 Å². The minimum atomic E-state index is -0.612. The lowest BCUT2D eigenvalue weighted by atomic mass is 10.2. The molecule has 11 nitrogen and oxygen atoms in total. The van der Waals surface area contributed by atoms with Crippen LogP contribution in [0.3, 0.4) is 0 Å². The van der Waals surface area contributed by atoms with E-state index in [1.807, 2.05) is 103 Å². The number of likely N-dealkylation sites (tertiary alicyclic amines) is 2. The van der Waals surface area contributed by atoms with Gasteiger partial charge >= 0.3 is 12.2 Å². The molecular weight excluding hydrogens is 667 g/mol. The van der Waals surface area contributed by atoms with Crippen molar-refractivity contribution in [3.05, 3.63) is 114 Å². The van der Waals surface area contributed by atoms with Gasteiger partial charge in [-0.15, -0.1) is 11.3 Å². The summed E-state index contributed by atoms with van der Waals surface area (Å²) in [5.74, 6) is -0.516. The Morgan fingerprint density at radius 1 is 0.667 bits per heavy atom. The number of nitrogens with zero attached hydrogens (tertiary/aromatic N) is 3. The van der Waals surface area contributed by atoms with Crippen LogP contribution in [-0.4, -0.2) is 64.0 Å². The lowest BCUT2D eigenvalue weighted by Gasteiger charge is -2.23. The largest absolute Gasteiger partial charge is 0.445 e. The van der Waals surface area contributed by atoms with Gasteiger partial charge in [0.05, 0.1) is 10.2 Å². The van der Waals surface area contributed by atoms with Crippen LogP contribution in [0.5, 0.6) is 0 Å². The summed E-state index contributed by atoms with van der Waals surface area (Å²) in [7, 11) is 0. The van der Waals surface area contributed by atoms with Crippen molar-refractivity contribution in [1.29, 1.82) is 0 Å². The molecule has 2 N–H and O–H groups in total. The number of carbonyl (C=O) groups excluding carboxylic acids is 4. The van der Waals surface area contributed by atoms with Crippen molar-refractivity contribution in [3.8, 4) is 10.6 Å². The molecule has 3 heterocycles. The number of nitrogens with one attached hydrogen (secondary N) is 2. The Kier molecular flexibility index (Phi) is 10.2.